The van der Waals surface area contributed by atoms with Crippen molar-refractivity contribution in [3.63, 3.8) is 0 Å². The third kappa shape index (κ3) is 3.22. The zero-order valence-corrected chi connectivity index (χ0v) is 15.0. The van der Waals surface area contributed by atoms with E-state index in [0.29, 0.717) is 0 Å². The SMILES string of the molecule is CN1CCN(N2CCC(O)CC2)CC1N(C)c1ncnc2[nH]ccc12. The number of fused-ring (bicyclic) bond motifs is 1. The van der Waals surface area contributed by atoms with Crippen LogP contribution in [0.25, 0.3) is 11.0 Å². The van der Waals surface area contributed by atoms with Gasteiger partial charge in [0.1, 0.15) is 17.8 Å². The third-order valence-corrected chi connectivity index (χ3v) is 5.55. The number of rotatable bonds is 3. The van der Waals surface area contributed by atoms with Gasteiger partial charge in [0.15, 0.2) is 0 Å². The molecule has 0 saturated carbocycles. The predicted molar refractivity (Wildman–Crippen MR) is 97.1 cm³/mol. The Morgan fingerprint density at radius 1 is 1.16 bits per heavy atom. The van der Waals surface area contributed by atoms with Gasteiger partial charge in [-0.15, -0.1) is 0 Å². The van der Waals surface area contributed by atoms with Crippen LogP contribution >= 0.6 is 0 Å². The molecule has 2 aliphatic heterocycles. The van der Waals surface area contributed by atoms with Crippen LogP contribution in [-0.2, 0) is 0 Å². The van der Waals surface area contributed by atoms with Crippen molar-refractivity contribution in [1.82, 2.24) is 29.9 Å². The van der Waals surface area contributed by atoms with Crippen LogP contribution in [0.15, 0.2) is 18.6 Å². The third-order valence-electron chi connectivity index (χ3n) is 5.55. The van der Waals surface area contributed by atoms with Crippen molar-refractivity contribution in [2.45, 2.75) is 25.1 Å². The number of piperazine rings is 1. The van der Waals surface area contributed by atoms with Gasteiger partial charge < -0.3 is 15.0 Å². The van der Waals surface area contributed by atoms with Crippen molar-refractivity contribution in [1.29, 1.82) is 0 Å². The van der Waals surface area contributed by atoms with Crippen LogP contribution in [0, 0.1) is 0 Å². The number of hydrazine groups is 1. The number of piperidine rings is 1. The van der Waals surface area contributed by atoms with E-state index in [9.17, 15) is 5.11 Å². The second-order valence-electron chi connectivity index (χ2n) is 7.11. The molecule has 4 heterocycles. The lowest BCUT2D eigenvalue weighted by Gasteiger charge is -2.48. The first-order valence-corrected chi connectivity index (χ1v) is 9.02. The fraction of sp³-hybridized carbons (Fsp3) is 0.647. The molecule has 0 spiro atoms. The summed E-state index contributed by atoms with van der Waals surface area (Å²) in [5.74, 6) is 0.957. The van der Waals surface area contributed by atoms with Crippen LogP contribution in [-0.4, -0.2) is 94.1 Å². The van der Waals surface area contributed by atoms with E-state index in [1.807, 2.05) is 12.3 Å². The average Bonchev–Trinajstić information content (AvgIpc) is 3.11. The molecule has 8 nitrogen and oxygen atoms in total. The minimum absolute atomic E-state index is 0.134. The highest BCUT2D eigenvalue weighted by Crippen LogP contribution is 2.25. The molecular formula is C17H27N7O. The predicted octanol–water partition coefficient (Wildman–Crippen LogP) is 0.339. The molecule has 0 radical (unpaired) electrons. The van der Waals surface area contributed by atoms with Crippen LogP contribution in [0.3, 0.4) is 0 Å². The lowest BCUT2D eigenvalue weighted by Crippen LogP contribution is -2.63. The van der Waals surface area contributed by atoms with Gasteiger partial charge in [-0.05, 0) is 26.0 Å². The molecule has 0 bridgehead atoms. The Morgan fingerprint density at radius 2 is 1.96 bits per heavy atom. The number of nitrogens with zero attached hydrogens (tertiary/aromatic N) is 6. The van der Waals surface area contributed by atoms with Crippen LogP contribution in [0.1, 0.15) is 12.8 Å². The Labute approximate surface area is 148 Å². The Bertz CT molecular complexity index is 712. The number of aliphatic hydroxyl groups is 1. The molecule has 0 amide bonds. The minimum Gasteiger partial charge on any atom is -0.393 e. The highest BCUT2D eigenvalue weighted by atomic mass is 16.3. The van der Waals surface area contributed by atoms with Crippen LogP contribution in [0.2, 0.25) is 0 Å². The first kappa shape index (κ1) is 16.7. The number of hydrogen-bond donors (Lipinski definition) is 2. The maximum Gasteiger partial charge on any atom is 0.142 e. The van der Waals surface area contributed by atoms with Crippen molar-refractivity contribution in [2.24, 2.45) is 0 Å². The molecule has 0 aliphatic carbocycles. The number of nitrogens with one attached hydrogen (secondary N) is 1. The summed E-state index contributed by atoms with van der Waals surface area (Å²) in [6.07, 6.45) is 5.37. The summed E-state index contributed by atoms with van der Waals surface area (Å²) >= 11 is 0. The normalized spacial score (nSPS) is 24.8. The van der Waals surface area contributed by atoms with E-state index in [2.05, 4.69) is 48.9 Å². The van der Waals surface area contributed by atoms with Gasteiger partial charge in [0.05, 0.1) is 17.7 Å². The summed E-state index contributed by atoms with van der Waals surface area (Å²) in [6.45, 7) is 4.85. The standard InChI is InChI=1S/C17H27N7O/c1-21-9-10-24(23-7-4-13(25)5-8-23)11-15(21)22(2)17-14-3-6-18-16(14)19-12-20-17/h3,6,12-13,15,25H,4-5,7-11H2,1-2H3,(H,18,19,20). The van der Waals surface area contributed by atoms with Gasteiger partial charge >= 0.3 is 0 Å². The summed E-state index contributed by atoms with van der Waals surface area (Å²) in [4.78, 5) is 16.6. The van der Waals surface area contributed by atoms with Crippen LogP contribution in [0.4, 0.5) is 5.82 Å². The van der Waals surface area contributed by atoms with E-state index >= 15 is 0 Å². The van der Waals surface area contributed by atoms with E-state index < -0.39 is 0 Å². The topological polar surface area (TPSA) is 74.8 Å². The lowest BCUT2D eigenvalue weighted by molar-refractivity contribution is -0.0971. The maximum atomic E-state index is 9.76. The smallest absolute Gasteiger partial charge is 0.142 e. The highest BCUT2D eigenvalue weighted by molar-refractivity contribution is 5.87. The molecule has 2 aliphatic rings. The molecule has 2 saturated heterocycles. The van der Waals surface area contributed by atoms with Crippen molar-refractivity contribution in [3.8, 4) is 0 Å². The van der Waals surface area contributed by atoms with Crippen molar-refractivity contribution in [3.05, 3.63) is 18.6 Å². The van der Waals surface area contributed by atoms with Crippen molar-refractivity contribution >= 4 is 16.9 Å². The maximum absolute atomic E-state index is 9.76. The van der Waals surface area contributed by atoms with Gasteiger partial charge in [-0.2, -0.15) is 0 Å². The molecule has 2 N–H and O–H groups in total. The van der Waals surface area contributed by atoms with E-state index in [0.717, 1.165) is 62.4 Å². The Hall–Kier alpha value is -1.74. The average molecular weight is 345 g/mol. The fourth-order valence-electron chi connectivity index (χ4n) is 3.93. The minimum atomic E-state index is -0.134. The second kappa shape index (κ2) is 6.87. The second-order valence-corrected chi connectivity index (χ2v) is 7.11. The van der Waals surface area contributed by atoms with Crippen LogP contribution < -0.4 is 4.90 Å². The Kier molecular flexibility index (Phi) is 4.60. The lowest BCUT2D eigenvalue weighted by atomic mass is 10.1. The van der Waals surface area contributed by atoms with Gasteiger partial charge in [0.25, 0.3) is 0 Å². The molecule has 2 aromatic rings. The summed E-state index contributed by atoms with van der Waals surface area (Å²) in [6, 6.07) is 2.04. The zero-order valence-electron chi connectivity index (χ0n) is 15.0. The molecule has 1 atom stereocenters. The number of aliphatic hydroxyl groups excluding tert-OH is 1. The first-order chi connectivity index (χ1) is 12.1. The molecule has 2 aromatic heterocycles. The quantitative estimate of drug-likeness (QED) is 0.831. The number of H-pyrrole nitrogens is 1. The summed E-state index contributed by atoms with van der Waals surface area (Å²) in [7, 11) is 4.29. The van der Waals surface area contributed by atoms with Gasteiger partial charge in [0, 0.05) is 46.0 Å². The molecule has 136 valence electrons. The molecule has 0 aromatic carbocycles. The number of aromatic nitrogens is 3. The number of anilines is 1. The van der Waals surface area contributed by atoms with Gasteiger partial charge in [0.2, 0.25) is 0 Å². The number of hydrogen-bond acceptors (Lipinski definition) is 7. The Morgan fingerprint density at radius 3 is 2.76 bits per heavy atom. The van der Waals surface area contributed by atoms with Crippen molar-refractivity contribution in [2.75, 3.05) is 51.7 Å². The van der Waals surface area contributed by atoms with E-state index in [1.165, 1.54) is 0 Å². The fourth-order valence-corrected chi connectivity index (χ4v) is 3.93. The molecule has 1 unspecified atom stereocenters. The summed E-state index contributed by atoms with van der Waals surface area (Å²) in [5.41, 5.74) is 0.872. The summed E-state index contributed by atoms with van der Waals surface area (Å²) < 4.78 is 0. The van der Waals surface area contributed by atoms with Crippen LogP contribution in [0.5, 0.6) is 0 Å². The van der Waals surface area contributed by atoms with E-state index in [4.69, 9.17) is 0 Å². The molecule has 4 rings (SSSR count). The van der Waals surface area contributed by atoms with E-state index in [1.54, 1.807) is 6.33 Å². The largest absolute Gasteiger partial charge is 0.393 e. The number of aromatic amines is 1. The number of likely N-dealkylation sites (N-methyl/N-ethyl adjacent to an activating group) is 2. The van der Waals surface area contributed by atoms with E-state index in [-0.39, 0.29) is 12.3 Å². The van der Waals surface area contributed by atoms with Gasteiger partial charge in [-0.25, -0.2) is 20.0 Å². The van der Waals surface area contributed by atoms with Crippen molar-refractivity contribution < 1.29 is 5.11 Å². The van der Waals surface area contributed by atoms with Gasteiger partial charge in [-0.3, -0.25) is 4.90 Å². The molecular weight excluding hydrogens is 318 g/mol. The first-order valence-electron chi connectivity index (χ1n) is 9.02. The molecule has 8 heteroatoms. The molecule has 2 fully saturated rings. The monoisotopic (exact) mass is 345 g/mol. The Balaban J connectivity index is 1.52. The molecule has 25 heavy (non-hydrogen) atoms. The highest BCUT2D eigenvalue weighted by Gasteiger charge is 2.32. The van der Waals surface area contributed by atoms with Gasteiger partial charge in [-0.1, -0.05) is 0 Å². The summed E-state index contributed by atoms with van der Waals surface area (Å²) in [5, 5.41) is 15.7. The zero-order chi connectivity index (χ0) is 17.4.